The zero-order valence-corrected chi connectivity index (χ0v) is 16.8. The van der Waals surface area contributed by atoms with Crippen LogP contribution in [0, 0.1) is 5.82 Å². The number of rotatable bonds is 5. The second-order valence-corrected chi connectivity index (χ2v) is 7.03. The molecule has 0 spiro atoms. The lowest BCUT2D eigenvalue weighted by Gasteiger charge is -2.26. The van der Waals surface area contributed by atoms with E-state index in [-0.39, 0.29) is 18.4 Å². The highest BCUT2D eigenvalue weighted by Gasteiger charge is 2.34. The number of nitrogens with zero attached hydrogens (tertiary/aromatic N) is 3. The van der Waals surface area contributed by atoms with Gasteiger partial charge in [0.05, 0.1) is 6.04 Å². The van der Waals surface area contributed by atoms with Gasteiger partial charge >= 0.3 is 6.03 Å². The molecule has 3 amide bonds. The topological polar surface area (TPSA) is 117 Å². The molecule has 3 rings (SSSR count). The lowest BCUT2D eigenvalue weighted by atomic mass is 10.2. The van der Waals surface area contributed by atoms with Crippen molar-refractivity contribution < 1.29 is 19.1 Å². The first-order chi connectivity index (χ1) is 14.3. The van der Waals surface area contributed by atoms with Gasteiger partial charge in [-0.1, -0.05) is 12.1 Å². The van der Waals surface area contributed by atoms with E-state index in [9.17, 15) is 23.9 Å². The number of nitrogens with one attached hydrogen (secondary N) is 2. The van der Waals surface area contributed by atoms with Gasteiger partial charge < -0.3 is 20.6 Å². The van der Waals surface area contributed by atoms with Crippen LogP contribution in [0.2, 0.25) is 0 Å². The van der Waals surface area contributed by atoms with E-state index in [2.05, 4.69) is 15.6 Å². The molecule has 1 aliphatic rings. The molecule has 0 radical (unpaired) electrons. The van der Waals surface area contributed by atoms with Crippen molar-refractivity contribution in [2.75, 3.05) is 13.1 Å². The SMILES string of the molecule is CCNC(=O)N1CCCC1c1nc(C(=O)NCc2ccc(F)cc2)c(O)c(=O)n1C. The molecule has 9 nitrogen and oxygen atoms in total. The summed E-state index contributed by atoms with van der Waals surface area (Å²) in [5.41, 5.74) is -0.529. The Hall–Kier alpha value is -3.43. The Morgan fingerprint density at radius 1 is 1.27 bits per heavy atom. The fourth-order valence-electron chi connectivity index (χ4n) is 3.46. The van der Waals surface area contributed by atoms with Gasteiger partial charge in [0.25, 0.3) is 11.5 Å². The third kappa shape index (κ3) is 4.27. The number of aromatic nitrogens is 2. The van der Waals surface area contributed by atoms with Gasteiger partial charge in [-0.15, -0.1) is 0 Å². The van der Waals surface area contributed by atoms with Crippen molar-refractivity contribution >= 4 is 11.9 Å². The summed E-state index contributed by atoms with van der Waals surface area (Å²) < 4.78 is 14.2. The predicted octanol–water partition coefficient (Wildman–Crippen LogP) is 1.42. The molecule has 0 saturated carbocycles. The van der Waals surface area contributed by atoms with E-state index in [1.807, 2.05) is 0 Å². The molecule has 10 heteroatoms. The normalized spacial score (nSPS) is 15.8. The summed E-state index contributed by atoms with van der Waals surface area (Å²) in [6, 6.07) is 4.80. The van der Waals surface area contributed by atoms with Crippen LogP contribution in [-0.4, -0.2) is 44.6 Å². The van der Waals surface area contributed by atoms with E-state index in [1.165, 1.54) is 31.3 Å². The number of likely N-dealkylation sites (tertiary alicyclic amines) is 1. The molecular weight excluding hydrogens is 393 g/mol. The molecule has 1 aromatic heterocycles. The maximum atomic E-state index is 13.0. The van der Waals surface area contributed by atoms with Gasteiger partial charge in [-0.05, 0) is 37.5 Å². The van der Waals surface area contributed by atoms with E-state index < -0.39 is 34.8 Å². The minimum Gasteiger partial charge on any atom is -0.501 e. The van der Waals surface area contributed by atoms with E-state index in [4.69, 9.17) is 0 Å². The predicted molar refractivity (Wildman–Crippen MR) is 106 cm³/mol. The van der Waals surface area contributed by atoms with Crippen molar-refractivity contribution in [3.63, 3.8) is 0 Å². The number of carbonyl (C=O) groups excluding carboxylic acids is 2. The monoisotopic (exact) mass is 417 g/mol. The van der Waals surface area contributed by atoms with Crippen molar-refractivity contribution in [1.29, 1.82) is 0 Å². The molecule has 1 saturated heterocycles. The average Bonchev–Trinajstić information content (AvgIpc) is 3.21. The molecule has 1 unspecified atom stereocenters. The number of urea groups is 1. The van der Waals surface area contributed by atoms with Gasteiger partial charge in [0.15, 0.2) is 5.69 Å². The molecule has 1 aromatic carbocycles. The number of hydrogen-bond donors (Lipinski definition) is 3. The summed E-state index contributed by atoms with van der Waals surface area (Å²) in [4.78, 5) is 43.3. The molecule has 1 fully saturated rings. The van der Waals surface area contributed by atoms with Gasteiger partial charge in [0, 0.05) is 26.7 Å². The number of amides is 3. The van der Waals surface area contributed by atoms with Crippen molar-refractivity contribution in [2.45, 2.75) is 32.4 Å². The third-order valence-electron chi connectivity index (χ3n) is 5.02. The molecule has 1 aliphatic heterocycles. The van der Waals surface area contributed by atoms with Gasteiger partial charge in [-0.25, -0.2) is 14.2 Å². The lowest BCUT2D eigenvalue weighted by Crippen LogP contribution is -2.41. The number of carbonyl (C=O) groups is 2. The van der Waals surface area contributed by atoms with Crippen LogP contribution in [0.3, 0.4) is 0 Å². The summed E-state index contributed by atoms with van der Waals surface area (Å²) >= 11 is 0. The van der Waals surface area contributed by atoms with Crippen LogP contribution < -0.4 is 16.2 Å². The van der Waals surface area contributed by atoms with Crippen molar-refractivity contribution in [1.82, 2.24) is 25.1 Å². The molecule has 160 valence electrons. The molecular formula is C20H24FN5O4. The van der Waals surface area contributed by atoms with Gasteiger partial charge in [0.1, 0.15) is 11.6 Å². The number of aromatic hydroxyl groups is 1. The molecule has 2 aromatic rings. The maximum Gasteiger partial charge on any atom is 0.318 e. The summed E-state index contributed by atoms with van der Waals surface area (Å²) in [5.74, 6) is -1.67. The highest BCUT2D eigenvalue weighted by atomic mass is 19.1. The summed E-state index contributed by atoms with van der Waals surface area (Å²) in [7, 11) is 1.44. The smallest absolute Gasteiger partial charge is 0.318 e. The Kier molecular flexibility index (Phi) is 6.34. The van der Waals surface area contributed by atoms with Crippen LogP contribution in [-0.2, 0) is 13.6 Å². The molecule has 0 bridgehead atoms. The Labute approximate surface area is 172 Å². The fraction of sp³-hybridized carbons (Fsp3) is 0.400. The lowest BCUT2D eigenvalue weighted by molar-refractivity contribution is 0.0941. The molecule has 0 aliphatic carbocycles. The van der Waals surface area contributed by atoms with Gasteiger partial charge in [0.2, 0.25) is 5.75 Å². The molecule has 30 heavy (non-hydrogen) atoms. The highest BCUT2D eigenvalue weighted by molar-refractivity contribution is 5.94. The standard InChI is InChI=1S/C20H24FN5O4/c1-3-22-20(30)26-10-4-5-14(26)17-24-15(16(27)19(29)25(17)2)18(28)23-11-12-6-8-13(21)9-7-12/h6-9,14,27H,3-5,10-11H2,1-2H3,(H,22,30)(H,23,28). The van der Waals surface area contributed by atoms with Crippen molar-refractivity contribution in [3.8, 4) is 5.75 Å². The van der Waals surface area contributed by atoms with Crippen molar-refractivity contribution in [3.05, 3.63) is 57.5 Å². The van der Waals surface area contributed by atoms with E-state index >= 15 is 0 Å². The largest absolute Gasteiger partial charge is 0.501 e. The number of benzene rings is 1. The first kappa shape index (κ1) is 21.3. The summed E-state index contributed by atoms with van der Waals surface area (Å²) in [6.45, 7) is 2.83. The zero-order chi connectivity index (χ0) is 21.8. The van der Waals surface area contributed by atoms with Crippen molar-refractivity contribution in [2.24, 2.45) is 7.05 Å². The number of halogens is 1. The summed E-state index contributed by atoms with van der Waals surface area (Å²) in [5, 5.41) is 15.5. The van der Waals surface area contributed by atoms with E-state index in [1.54, 1.807) is 11.8 Å². The van der Waals surface area contributed by atoms with Crippen LogP contribution in [0.25, 0.3) is 0 Å². The molecule has 2 heterocycles. The van der Waals surface area contributed by atoms with Crippen LogP contribution in [0.4, 0.5) is 9.18 Å². The Morgan fingerprint density at radius 3 is 2.63 bits per heavy atom. The fourth-order valence-corrected chi connectivity index (χ4v) is 3.46. The summed E-state index contributed by atoms with van der Waals surface area (Å²) in [6.07, 6.45) is 1.31. The van der Waals surface area contributed by atoms with Gasteiger partial charge in [-0.2, -0.15) is 0 Å². The van der Waals surface area contributed by atoms with Gasteiger partial charge in [-0.3, -0.25) is 14.2 Å². The highest BCUT2D eigenvalue weighted by Crippen LogP contribution is 2.31. The quantitative estimate of drug-likeness (QED) is 0.680. The zero-order valence-electron chi connectivity index (χ0n) is 16.8. The minimum absolute atomic E-state index is 0.0687. The van der Waals surface area contributed by atoms with Crippen LogP contribution in [0.5, 0.6) is 5.75 Å². The second kappa shape index (κ2) is 8.93. The second-order valence-electron chi connectivity index (χ2n) is 7.03. The van der Waals surface area contributed by atoms with E-state index in [0.29, 0.717) is 25.1 Å². The first-order valence-corrected chi connectivity index (χ1v) is 9.70. The molecule has 3 N–H and O–H groups in total. The Balaban J connectivity index is 1.88. The van der Waals surface area contributed by atoms with Crippen LogP contribution in [0.15, 0.2) is 29.1 Å². The van der Waals surface area contributed by atoms with E-state index in [0.717, 1.165) is 11.0 Å². The van der Waals surface area contributed by atoms with Crippen LogP contribution >= 0.6 is 0 Å². The molecule has 1 atom stereocenters. The van der Waals surface area contributed by atoms with Crippen LogP contribution in [0.1, 0.15) is 47.7 Å². The third-order valence-corrected chi connectivity index (χ3v) is 5.02. The Morgan fingerprint density at radius 2 is 1.97 bits per heavy atom. The first-order valence-electron chi connectivity index (χ1n) is 9.70. The Bertz CT molecular complexity index is 1010. The minimum atomic E-state index is -0.769. The number of hydrogen-bond acceptors (Lipinski definition) is 5. The maximum absolute atomic E-state index is 13.0. The average molecular weight is 417 g/mol.